The summed E-state index contributed by atoms with van der Waals surface area (Å²) in [5.74, 6) is -0.834. The van der Waals surface area contributed by atoms with Crippen molar-refractivity contribution in [3.63, 3.8) is 0 Å². The molecule has 0 heterocycles. The standard InChI is InChI=1S/C77H146O6/c1-4-7-10-13-16-19-22-24-26-28-30-32-34-36-37-38-39-40-42-43-45-47-49-51-53-55-58-61-64-67-70-76(79)82-73-74(72-81-75(78)69-66-63-60-57-21-18-15-12-9-6-3)83-77(80)71-68-65-62-59-56-54-52-50-48-46-44-41-35-33-31-29-27-25-23-20-17-14-11-8-5-2/h23,25,29,31,74H,4-22,24,26-28,30,32-73H2,1-3H3/b25-23-,31-29-. The van der Waals surface area contributed by atoms with Crippen molar-refractivity contribution < 1.29 is 28.6 Å². The quantitative estimate of drug-likeness (QED) is 0.0261. The molecule has 83 heavy (non-hydrogen) atoms. The fourth-order valence-electron chi connectivity index (χ4n) is 11.8. The summed E-state index contributed by atoms with van der Waals surface area (Å²) in [6.07, 6.45) is 89.6. The number of ether oxygens (including phenoxy) is 3. The molecule has 0 aromatic rings. The van der Waals surface area contributed by atoms with E-state index in [1.54, 1.807) is 0 Å². The summed E-state index contributed by atoms with van der Waals surface area (Å²) >= 11 is 0. The fourth-order valence-corrected chi connectivity index (χ4v) is 11.8. The molecule has 0 rings (SSSR count). The van der Waals surface area contributed by atoms with Crippen LogP contribution in [-0.2, 0) is 28.6 Å². The maximum absolute atomic E-state index is 13.0. The minimum atomic E-state index is -0.768. The van der Waals surface area contributed by atoms with Crippen molar-refractivity contribution in [2.75, 3.05) is 13.2 Å². The molecular weight excluding hydrogens is 1020 g/mol. The van der Waals surface area contributed by atoms with Crippen molar-refractivity contribution in [2.45, 2.75) is 438 Å². The molecule has 6 nitrogen and oxygen atoms in total. The number of rotatable bonds is 71. The Morgan fingerprint density at radius 3 is 0.663 bits per heavy atom. The summed E-state index contributed by atoms with van der Waals surface area (Å²) in [5, 5.41) is 0. The van der Waals surface area contributed by atoms with Crippen molar-refractivity contribution in [3.05, 3.63) is 24.3 Å². The van der Waals surface area contributed by atoms with Gasteiger partial charge in [-0.3, -0.25) is 14.4 Å². The van der Waals surface area contributed by atoms with Crippen LogP contribution in [0.15, 0.2) is 24.3 Å². The van der Waals surface area contributed by atoms with E-state index in [-0.39, 0.29) is 31.1 Å². The predicted molar refractivity (Wildman–Crippen MR) is 363 cm³/mol. The Labute approximate surface area is 519 Å². The predicted octanol–water partition coefficient (Wildman–Crippen LogP) is 26.1. The molecule has 0 radical (unpaired) electrons. The highest BCUT2D eigenvalue weighted by atomic mass is 16.6. The Hall–Kier alpha value is -2.11. The van der Waals surface area contributed by atoms with E-state index < -0.39 is 6.10 Å². The van der Waals surface area contributed by atoms with Crippen molar-refractivity contribution in [2.24, 2.45) is 0 Å². The minimum absolute atomic E-state index is 0.0645. The number of esters is 3. The van der Waals surface area contributed by atoms with Gasteiger partial charge < -0.3 is 14.2 Å². The van der Waals surface area contributed by atoms with E-state index in [2.05, 4.69) is 45.1 Å². The molecule has 0 aromatic carbocycles. The number of carbonyl (C=O) groups excluding carboxylic acids is 3. The van der Waals surface area contributed by atoms with Crippen LogP contribution in [0.25, 0.3) is 0 Å². The van der Waals surface area contributed by atoms with E-state index in [4.69, 9.17) is 14.2 Å². The second kappa shape index (κ2) is 72.4. The fraction of sp³-hybridized carbons (Fsp3) is 0.909. The number of unbranched alkanes of at least 4 members (excludes halogenated alkanes) is 56. The van der Waals surface area contributed by atoms with Gasteiger partial charge in [0.1, 0.15) is 13.2 Å². The van der Waals surface area contributed by atoms with E-state index in [9.17, 15) is 14.4 Å². The Bertz CT molecular complexity index is 1340. The number of carbonyl (C=O) groups is 3. The third-order valence-corrected chi connectivity index (χ3v) is 17.5. The third-order valence-electron chi connectivity index (χ3n) is 17.5. The normalized spacial score (nSPS) is 12.1. The molecule has 0 spiro atoms. The van der Waals surface area contributed by atoms with Gasteiger partial charge in [0.05, 0.1) is 0 Å². The summed E-state index contributed by atoms with van der Waals surface area (Å²) < 4.78 is 17.0. The van der Waals surface area contributed by atoms with Gasteiger partial charge in [0.15, 0.2) is 6.10 Å². The highest BCUT2D eigenvalue weighted by Crippen LogP contribution is 2.19. The summed E-state index contributed by atoms with van der Waals surface area (Å²) in [6, 6.07) is 0. The van der Waals surface area contributed by atoms with Crippen LogP contribution in [0.4, 0.5) is 0 Å². The van der Waals surface area contributed by atoms with Crippen LogP contribution < -0.4 is 0 Å². The molecule has 0 aliphatic carbocycles. The highest BCUT2D eigenvalue weighted by molar-refractivity contribution is 5.71. The lowest BCUT2D eigenvalue weighted by Crippen LogP contribution is -2.30. The third kappa shape index (κ3) is 70.5. The molecule has 0 aromatic heterocycles. The highest BCUT2D eigenvalue weighted by Gasteiger charge is 2.20. The first-order valence-corrected chi connectivity index (χ1v) is 37.8. The van der Waals surface area contributed by atoms with Gasteiger partial charge in [-0.25, -0.2) is 0 Å². The van der Waals surface area contributed by atoms with E-state index in [1.807, 2.05) is 0 Å². The molecule has 0 amide bonds. The lowest BCUT2D eigenvalue weighted by Gasteiger charge is -2.18. The Morgan fingerprint density at radius 1 is 0.241 bits per heavy atom. The smallest absolute Gasteiger partial charge is 0.306 e. The van der Waals surface area contributed by atoms with Gasteiger partial charge in [0.25, 0.3) is 0 Å². The van der Waals surface area contributed by atoms with Gasteiger partial charge in [-0.05, 0) is 51.4 Å². The topological polar surface area (TPSA) is 78.9 Å². The van der Waals surface area contributed by atoms with Crippen molar-refractivity contribution in [1.29, 1.82) is 0 Å². The van der Waals surface area contributed by atoms with Gasteiger partial charge in [-0.15, -0.1) is 0 Å². The lowest BCUT2D eigenvalue weighted by molar-refractivity contribution is -0.167. The molecule has 0 saturated heterocycles. The minimum Gasteiger partial charge on any atom is -0.462 e. The average molecular weight is 1170 g/mol. The number of allylic oxidation sites excluding steroid dienone is 4. The molecule has 0 N–H and O–H groups in total. The monoisotopic (exact) mass is 1170 g/mol. The average Bonchev–Trinajstić information content (AvgIpc) is 3.48. The van der Waals surface area contributed by atoms with Gasteiger partial charge in [0.2, 0.25) is 0 Å². The maximum atomic E-state index is 13.0. The first-order chi connectivity index (χ1) is 41.0. The van der Waals surface area contributed by atoms with Gasteiger partial charge >= 0.3 is 17.9 Å². The van der Waals surface area contributed by atoms with Crippen LogP contribution in [-0.4, -0.2) is 37.2 Å². The van der Waals surface area contributed by atoms with Crippen LogP contribution in [0.1, 0.15) is 432 Å². The largest absolute Gasteiger partial charge is 0.462 e. The Kier molecular flexibility index (Phi) is 70.5. The summed E-state index contributed by atoms with van der Waals surface area (Å²) in [4.78, 5) is 38.4. The second-order valence-electron chi connectivity index (χ2n) is 25.9. The van der Waals surface area contributed by atoms with Gasteiger partial charge in [0, 0.05) is 19.3 Å². The molecule has 1 atom stereocenters. The second-order valence-corrected chi connectivity index (χ2v) is 25.9. The van der Waals surface area contributed by atoms with Crippen LogP contribution in [0.5, 0.6) is 0 Å². The molecule has 0 aliphatic rings. The van der Waals surface area contributed by atoms with E-state index in [0.717, 1.165) is 64.2 Å². The first-order valence-electron chi connectivity index (χ1n) is 37.8. The van der Waals surface area contributed by atoms with E-state index >= 15 is 0 Å². The molecule has 0 bridgehead atoms. The van der Waals surface area contributed by atoms with Crippen molar-refractivity contribution >= 4 is 17.9 Å². The first kappa shape index (κ1) is 80.9. The van der Waals surface area contributed by atoms with Crippen LogP contribution in [0, 0.1) is 0 Å². The summed E-state index contributed by atoms with van der Waals surface area (Å²) in [5.41, 5.74) is 0. The molecule has 0 aliphatic heterocycles. The van der Waals surface area contributed by atoms with Crippen molar-refractivity contribution in [1.82, 2.24) is 0 Å². The molecule has 0 fully saturated rings. The van der Waals surface area contributed by atoms with Crippen molar-refractivity contribution in [3.8, 4) is 0 Å². The van der Waals surface area contributed by atoms with E-state index in [1.165, 1.54) is 327 Å². The van der Waals surface area contributed by atoms with Crippen LogP contribution in [0.2, 0.25) is 0 Å². The Morgan fingerprint density at radius 2 is 0.434 bits per heavy atom. The number of hydrogen-bond donors (Lipinski definition) is 0. The zero-order valence-corrected chi connectivity index (χ0v) is 56.5. The van der Waals surface area contributed by atoms with Gasteiger partial charge in [-0.2, -0.15) is 0 Å². The summed E-state index contributed by atoms with van der Waals surface area (Å²) in [7, 11) is 0. The van der Waals surface area contributed by atoms with E-state index in [0.29, 0.717) is 19.3 Å². The Balaban J connectivity index is 4.08. The van der Waals surface area contributed by atoms with Gasteiger partial charge in [-0.1, -0.05) is 385 Å². The molecular formula is C77H146O6. The van der Waals surface area contributed by atoms with Crippen LogP contribution in [0.3, 0.4) is 0 Å². The summed E-state index contributed by atoms with van der Waals surface area (Å²) in [6.45, 7) is 6.70. The SMILES string of the molecule is CCCCCCC/C=C\C/C=C\CCCCCCCCCCCCCCCC(=O)OC(COC(=O)CCCCCCCCCCCC)COC(=O)CCCCCCCCCCCCCCCCCCCCCCCCCCCCCCCC. The lowest BCUT2D eigenvalue weighted by atomic mass is 10.0. The molecule has 0 saturated carbocycles. The molecule has 1 unspecified atom stereocenters. The molecule has 6 heteroatoms. The number of hydrogen-bond acceptors (Lipinski definition) is 6. The zero-order chi connectivity index (χ0) is 59.9. The molecule has 490 valence electrons. The maximum Gasteiger partial charge on any atom is 0.306 e. The zero-order valence-electron chi connectivity index (χ0n) is 56.5. The van der Waals surface area contributed by atoms with Crippen LogP contribution >= 0.6 is 0 Å².